The van der Waals surface area contributed by atoms with Crippen LogP contribution in [-0.4, -0.2) is 3.22 Å². The molecule has 10 saturated heterocycles. The summed E-state index contributed by atoms with van der Waals surface area (Å²) in [4.78, 5) is 11.7. The number of rotatable bonds is 2. The normalized spacial score (nSPS) is 131. The molecule has 2 heteroatoms. The standard InChI is InChI=1S/C9H13.C5H4Br.Fe/c1-8(2)7-9-5-3-4-6-9;6-5-3-1-2-4-5;/h3-6,8H,7H2,1-2H3;1-4H;. The van der Waals surface area contributed by atoms with Gasteiger partial charge in [0, 0.05) is 0 Å². The van der Waals surface area contributed by atoms with Gasteiger partial charge in [0.1, 0.15) is 0 Å². The van der Waals surface area contributed by atoms with Crippen LogP contribution < -0.4 is 0 Å². The summed E-state index contributed by atoms with van der Waals surface area (Å²) in [7, 11) is 0. The van der Waals surface area contributed by atoms with Gasteiger partial charge in [-0.3, -0.25) is 0 Å². The molecule has 0 aromatic rings. The zero-order valence-electron chi connectivity index (χ0n) is 9.63. The second-order valence-corrected chi connectivity index (χ2v) is 36.8. The van der Waals surface area contributed by atoms with Gasteiger partial charge in [-0.05, 0) is 0 Å². The van der Waals surface area contributed by atoms with E-state index in [1.165, 1.54) is 38.5 Å². The average Bonchev–Trinajstić information content (AvgIpc) is 3.13. The predicted octanol–water partition coefficient (Wildman–Crippen LogP) is 5.09. The first-order chi connectivity index (χ1) is 7.35. The molecular weight excluding hydrogens is 304 g/mol. The third-order valence-electron chi connectivity index (χ3n) is 15.7. The quantitative estimate of drug-likeness (QED) is 0.491. The molecular formula is C14H17BrFe. The van der Waals surface area contributed by atoms with E-state index in [0.717, 1.165) is 13.5 Å². The van der Waals surface area contributed by atoms with Crippen molar-refractivity contribution in [2.75, 3.05) is 0 Å². The number of hydrogen-bond donors (Lipinski definition) is 0. The summed E-state index contributed by atoms with van der Waals surface area (Å²) in [5.74, 6) is 0.996. The molecule has 0 radical (unpaired) electrons. The van der Waals surface area contributed by atoms with Crippen LogP contribution in [0.4, 0.5) is 0 Å². The van der Waals surface area contributed by atoms with Crippen molar-refractivity contribution in [2.24, 2.45) is 5.92 Å². The Morgan fingerprint density at radius 3 is 1.69 bits per heavy atom. The van der Waals surface area contributed by atoms with Gasteiger partial charge >= 0.3 is 94.7 Å². The van der Waals surface area contributed by atoms with Crippen molar-refractivity contribution in [1.82, 2.24) is 0 Å². The zero-order chi connectivity index (χ0) is 10.2. The van der Waals surface area contributed by atoms with Gasteiger partial charge in [-0.25, -0.2) is 0 Å². The fourth-order valence-electron chi connectivity index (χ4n) is 17.9. The molecule has 10 rings (SSSR count). The predicted molar refractivity (Wildman–Crippen MR) is 63.8 cm³/mol. The van der Waals surface area contributed by atoms with Gasteiger partial charge in [0.05, 0.1) is 0 Å². The number of alkyl halides is 1. The van der Waals surface area contributed by atoms with Gasteiger partial charge in [0.2, 0.25) is 0 Å². The van der Waals surface area contributed by atoms with Gasteiger partial charge < -0.3 is 0 Å². The molecule has 0 nitrogen and oxygen atoms in total. The van der Waals surface area contributed by atoms with Gasteiger partial charge in [-0.2, -0.15) is 0 Å². The van der Waals surface area contributed by atoms with Crippen LogP contribution in [0.3, 0.4) is 0 Å². The summed E-state index contributed by atoms with van der Waals surface area (Å²) >= 11 is 4.46. The fourth-order valence-corrected chi connectivity index (χ4v) is 106. The van der Waals surface area contributed by atoms with Crippen LogP contribution in [0.5, 0.6) is 0 Å². The van der Waals surface area contributed by atoms with Crippen LogP contribution in [0.15, 0.2) is 0 Å². The molecule has 0 aliphatic carbocycles. The fraction of sp³-hybridized carbons (Fsp3) is 1.00. The van der Waals surface area contributed by atoms with E-state index in [-0.39, 0.29) is 0 Å². The maximum atomic E-state index is 4.46. The van der Waals surface area contributed by atoms with Crippen molar-refractivity contribution in [3.63, 3.8) is 0 Å². The first kappa shape index (κ1) is 6.44. The Hall–Kier alpha value is 0.999. The first-order valence-electron chi connectivity index (χ1n) is 7.25. The van der Waals surface area contributed by atoms with E-state index >= 15 is 0 Å². The Morgan fingerprint density at radius 1 is 1.00 bits per heavy atom. The number of halogens is 1. The molecule has 1 spiro atoms. The molecule has 0 N–H and O–H groups in total. The summed E-state index contributed by atoms with van der Waals surface area (Å²) in [6.07, 6.45) is 1.69. The molecule has 10 heterocycles. The maximum absolute atomic E-state index is 4.46. The minimum absolute atomic E-state index is 0.955. The topological polar surface area (TPSA) is 0 Å². The van der Waals surface area contributed by atoms with Crippen LogP contribution >= 0.6 is 15.9 Å². The van der Waals surface area contributed by atoms with E-state index in [4.69, 9.17) is 0 Å². The van der Waals surface area contributed by atoms with E-state index in [9.17, 15) is 0 Å². The third kappa shape index (κ3) is 0.0546. The first-order valence-corrected chi connectivity index (χ1v) is 14.2. The molecule has 0 amide bonds. The van der Waals surface area contributed by atoms with Crippen LogP contribution in [0.2, 0.25) is 42.8 Å². The molecule has 16 heavy (non-hydrogen) atoms. The van der Waals surface area contributed by atoms with Gasteiger partial charge in [-0.15, -0.1) is 0 Å². The van der Waals surface area contributed by atoms with E-state index in [0.29, 0.717) is 0 Å². The molecule has 8 unspecified atom stereocenters. The Morgan fingerprint density at radius 2 is 1.50 bits per heavy atom. The van der Waals surface area contributed by atoms with E-state index < -0.39 is 6.51 Å². The second kappa shape index (κ2) is 0.487. The number of hydrogen-bond acceptors (Lipinski definition) is 0. The summed E-state index contributed by atoms with van der Waals surface area (Å²) in [6, 6.07) is 0. The molecule has 0 bridgehead atoms. The van der Waals surface area contributed by atoms with Crippen LogP contribution in [0.25, 0.3) is 0 Å². The summed E-state index contributed by atoms with van der Waals surface area (Å²) in [6.45, 7) is 2.17. The Labute approximate surface area is 94.3 Å². The summed E-state index contributed by atoms with van der Waals surface area (Å²) in [5.41, 5.74) is 0. The molecule has 10 aliphatic heterocycles. The van der Waals surface area contributed by atoms with Crippen LogP contribution in [0.1, 0.15) is 20.3 Å². The van der Waals surface area contributed by atoms with Crippen LogP contribution in [0, 0.1) is 5.92 Å². The zero-order valence-corrected chi connectivity index (χ0v) is 12.3. The van der Waals surface area contributed by atoms with Crippen molar-refractivity contribution in [2.45, 2.75) is 66.3 Å². The third-order valence-corrected chi connectivity index (χ3v) is 66.1. The van der Waals surface area contributed by atoms with Crippen molar-refractivity contribution in [3.8, 4) is 0 Å². The van der Waals surface area contributed by atoms with E-state index in [2.05, 4.69) is 29.8 Å². The second-order valence-electron chi connectivity index (χ2n) is 11.4. The Bertz CT molecular complexity index is 967. The summed E-state index contributed by atoms with van der Waals surface area (Å²) < 4.78 is 2.09. The van der Waals surface area contributed by atoms with Gasteiger partial charge in [-0.1, -0.05) is 0 Å². The molecule has 0 aromatic carbocycles. The molecule has 88 valence electrons. The van der Waals surface area contributed by atoms with Crippen molar-refractivity contribution in [3.05, 3.63) is 0 Å². The Balaban J connectivity index is 1.69. The van der Waals surface area contributed by atoms with E-state index in [1.807, 2.05) is 0 Å². The SMILES string of the molecule is CC(C)C[C]12[CH]3[CH]4[CH]5[CH]1[Fe]45321678[CH]2[CH]1[CH]6[C]7(Br)[CH]28. The summed E-state index contributed by atoms with van der Waals surface area (Å²) in [5, 5.41) is 0. The van der Waals surface area contributed by atoms with Crippen molar-refractivity contribution < 1.29 is 6.51 Å². The van der Waals surface area contributed by atoms with Gasteiger partial charge in [0.15, 0.2) is 0 Å². The van der Waals surface area contributed by atoms with Gasteiger partial charge in [0.25, 0.3) is 0 Å². The monoisotopic (exact) mass is 320 g/mol. The van der Waals surface area contributed by atoms with Crippen LogP contribution in [-0.2, 0) is 6.51 Å². The van der Waals surface area contributed by atoms with Crippen molar-refractivity contribution in [1.29, 1.82) is 0 Å². The minimum atomic E-state index is -2.85. The molecule has 0 saturated carbocycles. The van der Waals surface area contributed by atoms with Crippen molar-refractivity contribution >= 4 is 15.9 Å². The molecule has 10 fully saturated rings. The molecule has 10 aliphatic rings. The van der Waals surface area contributed by atoms with E-state index in [1.54, 1.807) is 6.42 Å². The number of fused-ring (bicyclic) bond motifs is 10. The average molecular weight is 321 g/mol. The molecule has 8 atom stereocenters. The Kier molecular flexibility index (Phi) is 0.196. The molecule has 0 aromatic heterocycles.